The molecule has 0 aliphatic heterocycles. The number of hydrogen-bond acceptors (Lipinski definition) is 5. The van der Waals surface area contributed by atoms with Crippen LogP contribution in [0.2, 0.25) is 5.02 Å². The number of benzene rings is 1. The van der Waals surface area contributed by atoms with E-state index in [1.54, 1.807) is 7.11 Å². The molecular weight excluding hydrogens is 294 g/mol. The van der Waals surface area contributed by atoms with Crippen LogP contribution in [0, 0.1) is 0 Å². The number of aliphatic hydroxyl groups excluding tert-OH is 2. The predicted octanol–water partition coefficient (Wildman–Crippen LogP) is 1.20. The molecule has 0 bridgehead atoms. The molecule has 21 heavy (non-hydrogen) atoms. The normalized spacial score (nSPS) is 14.1. The molecule has 3 N–H and O–H groups in total. The van der Waals surface area contributed by atoms with Gasteiger partial charge >= 0.3 is 0 Å². The van der Waals surface area contributed by atoms with Crippen LogP contribution in [0.1, 0.15) is 12.0 Å². The molecule has 120 valence electrons. The van der Waals surface area contributed by atoms with E-state index >= 15 is 0 Å². The SMILES string of the molecule is COCC(O)CCNCC(O)COCc1ccc(Cl)cc1. The Morgan fingerprint density at radius 1 is 1.14 bits per heavy atom. The highest BCUT2D eigenvalue weighted by molar-refractivity contribution is 6.30. The molecule has 1 aromatic carbocycles. The first kappa shape index (κ1) is 18.4. The van der Waals surface area contributed by atoms with Gasteiger partial charge in [0.25, 0.3) is 0 Å². The van der Waals surface area contributed by atoms with Crippen molar-refractivity contribution in [2.45, 2.75) is 25.2 Å². The van der Waals surface area contributed by atoms with Crippen LogP contribution in [0.3, 0.4) is 0 Å². The second-order valence-electron chi connectivity index (χ2n) is 4.90. The van der Waals surface area contributed by atoms with E-state index in [1.807, 2.05) is 24.3 Å². The fourth-order valence-electron chi connectivity index (χ4n) is 1.77. The van der Waals surface area contributed by atoms with Crippen LogP contribution in [0.15, 0.2) is 24.3 Å². The molecule has 6 heteroatoms. The van der Waals surface area contributed by atoms with Crippen molar-refractivity contribution >= 4 is 11.6 Å². The zero-order valence-electron chi connectivity index (χ0n) is 12.3. The Balaban J connectivity index is 2.03. The van der Waals surface area contributed by atoms with Crippen molar-refractivity contribution in [3.63, 3.8) is 0 Å². The summed E-state index contributed by atoms with van der Waals surface area (Å²) < 4.78 is 10.3. The van der Waals surface area contributed by atoms with Crippen LogP contribution in [-0.2, 0) is 16.1 Å². The summed E-state index contributed by atoms with van der Waals surface area (Å²) >= 11 is 5.79. The third-order valence-corrected chi connectivity index (χ3v) is 3.14. The zero-order chi connectivity index (χ0) is 15.5. The van der Waals surface area contributed by atoms with Gasteiger partial charge in [0.15, 0.2) is 0 Å². The Kier molecular flexibility index (Phi) is 9.58. The van der Waals surface area contributed by atoms with Crippen molar-refractivity contribution in [3.8, 4) is 0 Å². The van der Waals surface area contributed by atoms with Gasteiger partial charge in [0, 0.05) is 18.7 Å². The lowest BCUT2D eigenvalue weighted by Crippen LogP contribution is -2.32. The van der Waals surface area contributed by atoms with E-state index in [4.69, 9.17) is 21.1 Å². The number of rotatable bonds is 11. The third kappa shape index (κ3) is 9.03. The van der Waals surface area contributed by atoms with Crippen LogP contribution in [0.5, 0.6) is 0 Å². The molecule has 1 rings (SSSR count). The smallest absolute Gasteiger partial charge is 0.0897 e. The van der Waals surface area contributed by atoms with Gasteiger partial charge < -0.3 is 25.0 Å². The number of halogens is 1. The van der Waals surface area contributed by atoms with Gasteiger partial charge in [-0.05, 0) is 30.7 Å². The first-order valence-corrected chi connectivity index (χ1v) is 7.37. The minimum atomic E-state index is -0.572. The van der Waals surface area contributed by atoms with Crippen molar-refractivity contribution in [2.24, 2.45) is 0 Å². The van der Waals surface area contributed by atoms with Gasteiger partial charge in [0.1, 0.15) is 0 Å². The molecule has 0 heterocycles. The van der Waals surface area contributed by atoms with Gasteiger partial charge in [-0.15, -0.1) is 0 Å². The standard InChI is InChI=1S/C15H24ClNO4/c1-20-10-14(18)6-7-17-8-15(19)11-21-9-12-2-4-13(16)5-3-12/h2-5,14-15,17-19H,6-11H2,1H3. The van der Waals surface area contributed by atoms with E-state index in [1.165, 1.54) is 0 Å². The average Bonchev–Trinajstić information content (AvgIpc) is 2.46. The quantitative estimate of drug-likeness (QED) is 0.535. The van der Waals surface area contributed by atoms with Gasteiger partial charge in [0.05, 0.1) is 32.0 Å². The summed E-state index contributed by atoms with van der Waals surface area (Å²) in [6, 6.07) is 7.40. The lowest BCUT2D eigenvalue weighted by Gasteiger charge is -2.14. The summed E-state index contributed by atoms with van der Waals surface area (Å²) in [7, 11) is 1.55. The van der Waals surface area contributed by atoms with Gasteiger partial charge in [0.2, 0.25) is 0 Å². The molecule has 0 spiro atoms. The molecule has 0 aliphatic carbocycles. The number of nitrogens with one attached hydrogen (secondary N) is 1. The molecule has 1 aromatic rings. The van der Waals surface area contributed by atoms with E-state index in [-0.39, 0.29) is 6.61 Å². The molecule has 0 amide bonds. The van der Waals surface area contributed by atoms with Crippen LogP contribution >= 0.6 is 11.6 Å². The van der Waals surface area contributed by atoms with Crippen molar-refractivity contribution in [3.05, 3.63) is 34.9 Å². The fourth-order valence-corrected chi connectivity index (χ4v) is 1.89. The van der Waals surface area contributed by atoms with Crippen molar-refractivity contribution in [1.29, 1.82) is 0 Å². The van der Waals surface area contributed by atoms with E-state index in [0.717, 1.165) is 5.56 Å². The third-order valence-electron chi connectivity index (χ3n) is 2.89. The van der Waals surface area contributed by atoms with Gasteiger partial charge in [-0.25, -0.2) is 0 Å². The van der Waals surface area contributed by atoms with E-state index in [9.17, 15) is 10.2 Å². The molecule has 2 atom stereocenters. The maximum Gasteiger partial charge on any atom is 0.0897 e. The Morgan fingerprint density at radius 3 is 2.52 bits per heavy atom. The maximum absolute atomic E-state index is 9.74. The minimum absolute atomic E-state index is 0.260. The van der Waals surface area contributed by atoms with Gasteiger partial charge in [-0.3, -0.25) is 0 Å². The van der Waals surface area contributed by atoms with Crippen molar-refractivity contribution in [2.75, 3.05) is 33.4 Å². The first-order valence-electron chi connectivity index (χ1n) is 6.99. The highest BCUT2D eigenvalue weighted by Gasteiger charge is 2.06. The van der Waals surface area contributed by atoms with E-state index in [0.29, 0.717) is 37.7 Å². The number of methoxy groups -OCH3 is 1. The molecule has 0 aromatic heterocycles. The van der Waals surface area contributed by atoms with Gasteiger partial charge in [-0.2, -0.15) is 0 Å². The summed E-state index contributed by atoms with van der Waals surface area (Å²) in [4.78, 5) is 0. The molecule has 0 aliphatic rings. The average molecular weight is 318 g/mol. The molecule has 2 unspecified atom stereocenters. The van der Waals surface area contributed by atoms with Gasteiger partial charge in [-0.1, -0.05) is 23.7 Å². The second kappa shape index (κ2) is 11.0. The summed E-state index contributed by atoms with van der Waals surface area (Å²) in [6.45, 7) is 2.09. The lowest BCUT2D eigenvalue weighted by molar-refractivity contribution is 0.0273. The number of aliphatic hydroxyl groups is 2. The molecule has 5 nitrogen and oxygen atoms in total. The molecular formula is C15H24ClNO4. The summed E-state index contributed by atoms with van der Waals surface area (Å²) in [5.74, 6) is 0. The molecule has 0 fully saturated rings. The summed E-state index contributed by atoms with van der Waals surface area (Å²) in [5, 5.41) is 22.9. The summed E-state index contributed by atoms with van der Waals surface area (Å²) in [5.41, 5.74) is 1.02. The Labute approximate surface area is 130 Å². The Morgan fingerprint density at radius 2 is 1.86 bits per heavy atom. The van der Waals surface area contributed by atoms with Crippen LogP contribution in [0.4, 0.5) is 0 Å². The molecule has 0 radical (unpaired) electrons. The summed E-state index contributed by atoms with van der Waals surface area (Å²) in [6.07, 6.45) is -0.454. The number of ether oxygens (including phenoxy) is 2. The van der Waals surface area contributed by atoms with Crippen LogP contribution < -0.4 is 5.32 Å². The lowest BCUT2D eigenvalue weighted by atomic mass is 10.2. The fraction of sp³-hybridized carbons (Fsp3) is 0.600. The number of hydrogen-bond donors (Lipinski definition) is 3. The highest BCUT2D eigenvalue weighted by atomic mass is 35.5. The highest BCUT2D eigenvalue weighted by Crippen LogP contribution is 2.10. The van der Waals surface area contributed by atoms with E-state index < -0.39 is 12.2 Å². The maximum atomic E-state index is 9.74. The Bertz CT molecular complexity index is 374. The second-order valence-corrected chi connectivity index (χ2v) is 5.33. The van der Waals surface area contributed by atoms with E-state index in [2.05, 4.69) is 5.32 Å². The van der Waals surface area contributed by atoms with Crippen molar-refractivity contribution < 1.29 is 19.7 Å². The van der Waals surface area contributed by atoms with Crippen LogP contribution in [0.25, 0.3) is 0 Å². The predicted molar refractivity (Wildman–Crippen MR) is 82.5 cm³/mol. The topological polar surface area (TPSA) is 71.0 Å². The minimum Gasteiger partial charge on any atom is -0.391 e. The monoisotopic (exact) mass is 317 g/mol. The first-order chi connectivity index (χ1) is 10.1. The molecule has 0 saturated heterocycles. The van der Waals surface area contributed by atoms with Crippen molar-refractivity contribution in [1.82, 2.24) is 5.32 Å². The van der Waals surface area contributed by atoms with Crippen LogP contribution in [-0.4, -0.2) is 55.8 Å². The Hall–Kier alpha value is -0.690. The molecule has 0 saturated carbocycles. The largest absolute Gasteiger partial charge is 0.391 e. The zero-order valence-corrected chi connectivity index (χ0v) is 13.1.